The summed E-state index contributed by atoms with van der Waals surface area (Å²) in [6.07, 6.45) is 0. The van der Waals surface area contributed by atoms with Crippen molar-refractivity contribution in [3.05, 3.63) is 68.9 Å². The second-order valence-corrected chi connectivity index (χ2v) is 4.86. The van der Waals surface area contributed by atoms with Crippen LogP contribution in [-0.4, -0.2) is 5.78 Å². The van der Waals surface area contributed by atoms with E-state index in [1.165, 1.54) is 19.1 Å². The maximum Gasteiger partial charge on any atom is 0.200 e. The fourth-order valence-electron chi connectivity index (χ4n) is 1.68. The number of hydrogen-bond donors (Lipinski definition) is 0. The Bertz CT molecular complexity index is 648. The van der Waals surface area contributed by atoms with E-state index < -0.39 is 23.2 Å². The molecule has 0 heterocycles. The third-order valence-corrected chi connectivity index (χ3v) is 3.34. The molecule has 0 unspecified atom stereocenters. The maximum atomic E-state index is 13.7. The van der Waals surface area contributed by atoms with Crippen molar-refractivity contribution in [3.8, 4) is 0 Å². The number of ketones is 1. The number of carbonyl (C=O) groups excluding carboxylic acids is 1. The molecular formula is C14H8BrF3O. The van der Waals surface area contributed by atoms with Crippen molar-refractivity contribution in [3.63, 3.8) is 0 Å². The number of halogens is 4. The molecular weight excluding hydrogens is 321 g/mol. The largest absolute Gasteiger partial charge is 0.288 e. The van der Waals surface area contributed by atoms with Gasteiger partial charge in [-0.05, 0) is 46.6 Å². The Morgan fingerprint density at radius 1 is 1.05 bits per heavy atom. The second-order valence-electron chi connectivity index (χ2n) is 4.01. The molecule has 2 rings (SSSR count). The summed E-state index contributed by atoms with van der Waals surface area (Å²) < 4.78 is 40.7. The zero-order valence-corrected chi connectivity index (χ0v) is 11.4. The van der Waals surface area contributed by atoms with Gasteiger partial charge in [0.15, 0.2) is 5.78 Å². The van der Waals surface area contributed by atoms with Crippen molar-refractivity contribution in [2.45, 2.75) is 6.92 Å². The lowest BCUT2D eigenvalue weighted by molar-refractivity contribution is 0.103. The molecule has 0 saturated carbocycles. The molecule has 0 aliphatic rings. The Hall–Kier alpha value is -1.62. The molecule has 0 radical (unpaired) electrons. The Labute approximate surface area is 116 Å². The van der Waals surface area contributed by atoms with E-state index in [0.717, 1.165) is 12.1 Å². The number of benzene rings is 2. The van der Waals surface area contributed by atoms with Gasteiger partial charge < -0.3 is 0 Å². The van der Waals surface area contributed by atoms with E-state index in [2.05, 4.69) is 15.9 Å². The summed E-state index contributed by atoms with van der Waals surface area (Å²) in [5.74, 6) is -3.35. The van der Waals surface area contributed by atoms with Crippen LogP contribution in [0.4, 0.5) is 13.2 Å². The fourth-order valence-corrected chi connectivity index (χ4v) is 2.20. The van der Waals surface area contributed by atoms with Crippen LogP contribution in [0.2, 0.25) is 0 Å². The number of aryl methyl sites for hydroxylation is 1. The molecule has 0 saturated heterocycles. The van der Waals surface area contributed by atoms with Crippen LogP contribution in [0.3, 0.4) is 0 Å². The molecule has 1 nitrogen and oxygen atoms in total. The van der Waals surface area contributed by atoms with Crippen LogP contribution in [0.5, 0.6) is 0 Å². The SMILES string of the molecule is Cc1cc(C(=O)c2c(F)cccc2Br)c(F)cc1F. The highest BCUT2D eigenvalue weighted by atomic mass is 79.9. The van der Waals surface area contributed by atoms with Gasteiger partial charge in [0.1, 0.15) is 17.5 Å². The van der Waals surface area contributed by atoms with Crippen LogP contribution in [0.1, 0.15) is 21.5 Å². The number of rotatable bonds is 2. The van der Waals surface area contributed by atoms with E-state index in [4.69, 9.17) is 0 Å². The normalized spacial score (nSPS) is 10.6. The van der Waals surface area contributed by atoms with Gasteiger partial charge in [0.2, 0.25) is 0 Å². The van der Waals surface area contributed by atoms with Crippen LogP contribution < -0.4 is 0 Å². The smallest absolute Gasteiger partial charge is 0.200 e. The summed E-state index contributed by atoms with van der Waals surface area (Å²) in [6.45, 7) is 1.40. The third-order valence-electron chi connectivity index (χ3n) is 2.68. The molecule has 2 aromatic rings. The number of hydrogen-bond acceptors (Lipinski definition) is 1. The van der Waals surface area contributed by atoms with E-state index in [9.17, 15) is 18.0 Å². The van der Waals surface area contributed by atoms with Crippen LogP contribution in [0.25, 0.3) is 0 Å². The molecule has 0 bridgehead atoms. The maximum absolute atomic E-state index is 13.7. The Morgan fingerprint density at radius 3 is 2.37 bits per heavy atom. The monoisotopic (exact) mass is 328 g/mol. The first-order valence-corrected chi connectivity index (χ1v) is 6.15. The van der Waals surface area contributed by atoms with Gasteiger partial charge >= 0.3 is 0 Å². The van der Waals surface area contributed by atoms with Crippen molar-refractivity contribution < 1.29 is 18.0 Å². The minimum absolute atomic E-state index is 0.122. The van der Waals surface area contributed by atoms with E-state index in [1.807, 2.05) is 0 Å². The molecule has 0 aliphatic heterocycles. The van der Waals surface area contributed by atoms with Crippen molar-refractivity contribution in [2.75, 3.05) is 0 Å². The molecule has 0 spiro atoms. The quantitative estimate of drug-likeness (QED) is 0.746. The summed E-state index contributed by atoms with van der Waals surface area (Å²) in [5.41, 5.74) is -0.505. The molecule has 0 aromatic heterocycles. The summed E-state index contributed by atoms with van der Waals surface area (Å²) in [7, 11) is 0. The van der Waals surface area contributed by atoms with Crippen LogP contribution in [-0.2, 0) is 0 Å². The van der Waals surface area contributed by atoms with Gasteiger partial charge in [-0.1, -0.05) is 6.07 Å². The van der Waals surface area contributed by atoms with Crippen LogP contribution in [0.15, 0.2) is 34.8 Å². The molecule has 0 aliphatic carbocycles. The van der Waals surface area contributed by atoms with Gasteiger partial charge in [0.05, 0.1) is 11.1 Å². The number of carbonyl (C=O) groups is 1. The van der Waals surface area contributed by atoms with Gasteiger partial charge in [0.25, 0.3) is 0 Å². The predicted octanol–water partition coefficient (Wildman–Crippen LogP) is 4.41. The highest BCUT2D eigenvalue weighted by Crippen LogP contribution is 2.25. The average molecular weight is 329 g/mol. The molecule has 0 atom stereocenters. The first-order valence-electron chi connectivity index (χ1n) is 5.36. The highest BCUT2D eigenvalue weighted by molar-refractivity contribution is 9.10. The second kappa shape index (κ2) is 5.17. The molecule has 5 heteroatoms. The standard InChI is InChI=1S/C14H8BrF3O/c1-7-5-8(12(18)6-11(7)17)14(19)13-9(15)3-2-4-10(13)16/h2-6H,1H3. The first kappa shape index (κ1) is 13.8. The summed E-state index contributed by atoms with van der Waals surface area (Å²) in [6, 6.07) is 5.70. The Balaban J connectivity index is 2.60. The molecule has 2 aromatic carbocycles. The fraction of sp³-hybridized carbons (Fsp3) is 0.0714. The molecule has 0 fully saturated rings. The van der Waals surface area contributed by atoms with Crippen LogP contribution in [0, 0.1) is 24.4 Å². The van der Waals surface area contributed by atoms with Crippen molar-refractivity contribution in [1.29, 1.82) is 0 Å². The third kappa shape index (κ3) is 2.56. The topological polar surface area (TPSA) is 17.1 Å². The zero-order valence-electron chi connectivity index (χ0n) is 9.81. The lowest BCUT2D eigenvalue weighted by atomic mass is 10.0. The zero-order chi connectivity index (χ0) is 14.2. The minimum atomic E-state index is -1.01. The molecule has 19 heavy (non-hydrogen) atoms. The summed E-state index contributed by atoms with van der Waals surface area (Å²) in [4.78, 5) is 12.1. The van der Waals surface area contributed by atoms with Gasteiger partial charge in [-0.15, -0.1) is 0 Å². The first-order chi connectivity index (χ1) is 8.91. The van der Waals surface area contributed by atoms with E-state index in [0.29, 0.717) is 6.07 Å². The molecule has 0 amide bonds. The summed E-state index contributed by atoms with van der Waals surface area (Å²) >= 11 is 3.05. The van der Waals surface area contributed by atoms with Crippen molar-refractivity contribution in [2.24, 2.45) is 0 Å². The predicted molar refractivity (Wildman–Crippen MR) is 68.6 cm³/mol. The van der Waals surface area contributed by atoms with Crippen LogP contribution >= 0.6 is 15.9 Å². The lowest BCUT2D eigenvalue weighted by Gasteiger charge is -2.07. The van der Waals surface area contributed by atoms with Gasteiger partial charge in [0, 0.05) is 10.5 Å². The van der Waals surface area contributed by atoms with Gasteiger partial charge in [-0.25, -0.2) is 13.2 Å². The molecule has 98 valence electrons. The lowest BCUT2D eigenvalue weighted by Crippen LogP contribution is -2.09. The Morgan fingerprint density at radius 2 is 1.74 bits per heavy atom. The average Bonchev–Trinajstić information content (AvgIpc) is 2.33. The van der Waals surface area contributed by atoms with E-state index in [1.54, 1.807) is 0 Å². The Kier molecular flexibility index (Phi) is 3.75. The highest BCUT2D eigenvalue weighted by Gasteiger charge is 2.21. The van der Waals surface area contributed by atoms with Crippen molar-refractivity contribution >= 4 is 21.7 Å². The summed E-state index contributed by atoms with van der Waals surface area (Å²) in [5, 5.41) is 0. The van der Waals surface area contributed by atoms with Gasteiger partial charge in [-0.2, -0.15) is 0 Å². The van der Waals surface area contributed by atoms with Crippen molar-refractivity contribution in [1.82, 2.24) is 0 Å². The van der Waals surface area contributed by atoms with Gasteiger partial charge in [-0.3, -0.25) is 4.79 Å². The molecule has 0 N–H and O–H groups in total. The van der Waals surface area contributed by atoms with E-state index >= 15 is 0 Å². The minimum Gasteiger partial charge on any atom is -0.288 e. The van der Waals surface area contributed by atoms with E-state index in [-0.39, 0.29) is 21.2 Å².